The van der Waals surface area contributed by atoms with Gasteiger partial charge in [0, 0.05) is 24.3 Å². The van der Waals surface area contributed by atoms with E-state index in [-0.39, 0.29) is 17.5 Å². The minimum absolute atomic E-state index is 0.0258. The Hall–Kier alpha value is -2.37. The second-order valence-electron chi connectivity index (χ2n) is 5.01. The summed E-state index contributed by atoms with van der Waals surface area (Å²) in [6.45, 7) is 0.565. The zero-order chi connectivity index (χ0) is 14.8. The molecule has 0 radical (unpaired) electrons. The van der Waals surface area contributed by atoms with E-state index in [1.165, 1.54) is 6.07 Å². The van der Waals surface area contributed by atoms with Crippen molar-refractivity contribution in [3.63, 3.8) is 0 Å². The van der Waals surface area contributed by atoms with Crippen molar-refractivity contribution in [2.24, 2.45) is 5.92 Å². The smallest absolute Gasteiger partial charge is 0.240 e. The predicted molar refractivity (Wildman–Crippen MR) is 73.3 cm³/mol. The number of nitrogens with zero attached hydrogens (tertiary/aromatic N) is 1. The normalized spacial score (nSPS) is 14.0. The average Bonchev–Trinajstić information content (AvgIpc) is 3.22. The number of aromatic nitrogens is 1. The van der Waals surface area contributed by atoms with Crippen LogP contribution in [-0.4, -0.2) is 11.6 Å². The lowest BCUT2D eigenvalue weighted by atomic mass is 10.3. The molecule has 110 valence electrons. The van der Waals surface area contributed by atoms with Crippen LogP contribution in [-0.2, 0) is 0 Å². The molecular formula is C15H14F2N2O2. The second-order valence-corrected chi connectivity index (χ2v) is 5.01. The van der Waals surface area contributed by atoms with E-state index in [2.05, 4.69) is 4.98 Å². The molecular weight excluding hydrogens is 278 g/mol. The molecule has 1 aromatic heterocycles. The molecule has 3 rings (SSSR count). The quantitative estimate of drug-likeness (QED) is 0.916. The van der Waals surface area contributed by atoms with Crippen LogP contribution in [0.2, 0.25) is 0 Å². The molecule has 1 aliphatic carbocycles. The van der Waals surface area contributed by atoms with E-state index >= 15 is 0 Å². The molecule has 0 saturated heterocycles. The molecule has 1 aliphatic rings. The molecule has 4 nitrogen and oxygen atoms in total. The first-order valence-corrected chi connectivity index (χ1v) is 6.63. The summed E-state index contributed by atoms with van der Waals surface area (Å²) in [4.78, 5) is 4.11. The molecule has 2 aromatic rings. The lowest BCUT2D eigenvalue weighted by Crippen LogP contribution is -2.04. The topological polar surface area (TPSA) is 57.4 Å². The van der Waals surface area contributed by atoms with E-state index in [9.17, 15) is 8.78 Å². The van der Waals surface area contributed by atoms with Crippen LogP contribution < -0.4 is 15.2 Å². The van der Waals surface area contributed by atoms with Gasteiger partial charge in [0.25, 0.3) is 0 Å². The maximum Gasteiger partial charge on any atom is 0.240 e. The summed E-state index contributed by atoms with van der Waals surface area (Å²) in [6.07, 6.45) is 2.30. The van der Waals surface area contributed by atoms with Gasteiger partial charge in [0.2, 0.25) is 11.8 Å². The first kappa shape index (κ1) is 13.6. The van der Waals surface area contributed by atoms with Gasteiger partial charge >= 0.3 is 0 Å². The Morgan fingerprint density at radius 2 is 1.86 bits per heavy atom. The number of nitrogen functional groups attached to an aromatic ring is 1. The first-order chi connectivity index (χ1) is 10.1. The number of nitrogens with two attached hydrogens (primary N) is 1. The molecule has 0 aliphatic heterocycles. The van der Waals surface area contributed by atoms with Gasteiger partial charge in [-0.3, -0.25) is 0 Å². The van der Waals surface area contributed by atoms with Crippen LogP contribution in [0.25, 0.3) is 0 Å². The Balaban J connectivity index is 1.76. The van der Waals surface area contributed by atoms with Gasteiger partial charge in [0.15, 0.2) is 0 Å². The number of hydrogen-bond acceptors (Lipinski definition) is 4. The van der Waals surface area contributed by atoms with Gasteiger partial charge in [0.05, 0.1) is 12.3 Å². The van der Waals surface area contributed by atoms with Gasteiger partial charge < -0.3 is 15.2 Å². The van der Waals surface area contributed by atoms with Gasteiger partial charge in [-0.25, -0.2) is 8.78 Å². The zero-order valence-corrected chi connectivity index (χ0v) is 11.2. The van der Waals surface area contributed by atoms with E-state index in [1.54, 1.807) is 6.07 Å². The number of halogens is 2. The predicted octanol–water partition coefficient (Wildman–Crippen LogP) is 3.52. The highest BCUT2D eigenvalue weighted by molar-refractivity contribution is 5.49. The monoisotopic (exact) mass is 292 g/mol. The number of pyridine rings is 1. The van der Waals surface area contributed by atoms with Crippen molar-refractivity contribution in [3.05, 3.63) is 42.0 Å². The summed E-state index contributed by atoms with van der Waals surface area (Å²) < 4.78 is 37.1. The molecule has 1 heterocycles. The summed E-state index contributed by atoms with van der Waals surface area (Å²) in [5.74, 6) is -0.404. The zero-order valence-electron chi connectivity index (χ0n) is 11.2. The van der Waals surface area contributed by atoms with Crippen LogP contribution >= 0.6 is 0 Å². The summed E-state index contributed by atoms with van der Waals surface area (Å²) in [6, 6.07) is 6.02. The van der Waals surface area contributed by atoms with Crippen LogP contribution in [0.1, 0.15) is 12.8 Å². The lowest BCUT2D eigenvalue weighted by molar-refractivity contribution is 0.286. The molecule has 1 fully saturated rings. The van der Waals surface area contributed by atoms with Crippen LogP contribution in [0.4, 0.5) is 14.5 Å². The molecule has 0 bridgehead atoms. The van der Waals surface area contributed by atoms with Crippen molar-refractivity contribution in [1.82, 2.24) is 4.98 Å². The number of rotatable bonds is 5. The van der Waals surface area contributed by atoms with Crippen molar-refractivity contribution >= 4 is 5.69 Å². The van der Waals surface area contributed by atoms with Crippen molar-refractivity contribution in [2.75, 3.05) is 12.3 Å². The molecule has 21 heavy (non-hydrogen) atoms. The minimum Gasteiger partial charge on any atom is -0.476 e. The van der Waals surface area contributed by atoms with E-state index < -0.39 is 11.6 Å². The second kappa shape index (κ2) is 5.55. The van der Waals surface area contributed by atoms with Crippen LogP contribution in [0.5, 0.6) is 17.5 Å². The molecule has 0 atom stereocenters. The Labute approximate surface area is 120 Å². The SMILES string of the molecule is Nc1ccc(Oc2cc(F)cc(F)c2)nc1OCC1CC1. The molecule has 6 heteroatoms. The lowest BCUT2D eigenvalue weighted by Gasteiger charge is -2.10. The van der Waals surface area contributed by atoms with Crippen molar-refractivity contribution in [1.29, 1.82) is 0 Å². The highest BCUT2D eigenvalue weighted by Gasteiger charge is 2.22. The van der Waals surface area contributed by atoms with E-state index in [0.717, 1.165) is 31.0 Å². The molecule has 0 amide bonds. The first-order valence-electron chi connectivity index (χ1n) is 6.63. The van der Waals surface area contributed by atoms with Crippen molar-refractivity contribution < 1.29 is 18.3 Å². The van der Waals surface area contributed by atoms with Crippen molar-refractivity contribution in [3.8, 4) is 17.5 Å². The highest BCUT2D eigenvalue weighted by atomic mass is 19.1. The van der Waals surface area contributed by atoms with Gasteiger partial charge in [0.1, 0.15) is 17.4 Å². The fraction of sp³-hybridized carbons (Fsp3) is 0.267. The van der Waals surface area contributed by atoms with Crippen LogP contribution in [0, 0.1) is 17.6 Å². The number of hydrogen-bond donors (Lipinski definition) is 1. The molecule has 1 aromatic carbocycles. The Kier molecular flexibility index (Phi) is 3.60. The summed E-state index contributed by atoms with van der Waals surface area (Å²) in [5, 5.41) is 0. The van der Waals surface area contributed by atoms with E-state index in [0.29, 0.717) is 18.2 Å². The third kappa shape index (κ3) is 3.59. The number of ether oxygens (including phenoxy) is 2. The maximum absolute atomic E-state index is 13.1. The largest absolute Gasteiger partial charge is 0.476 e. The average molecular weight is 292 g/mol. The Morgan fingerprint density at radius 1 is 1.14 bits per heavy atom. The van der Waals surface area contributed by atoms with Gasteiger partial charge in [-0.1, -0.05) is 0 Å². The van der Waals surface area contributed by atoms with E-state index in [4.69, 9.17) is 15.2 Å². The van der Waals surface area contributed by atoms with E-state index in [1.807, 2.05) is 0 Å². The van der Waals surface area contributed by atoms with Crippen molar-refractivity contribution in [2.45, 2.75) is 12.8 Å². The molecule has 0 unspecified atom stereocenters. The van der Waals surface area contributed by atoms with Crippen LogP contribution in [0.15, 0.2) is 30.3 Å². The fourth-order valence-electron chi connectivity index (χ4n) is 1.80. The maximum atomic E-state index is 13.1. The third-order valence-electron chi connectivity index (χ3n) is 3.08. The minimum atomic E-state index is -0.717. The third-order valence-corrected chi connectivity index (χ3v) is 3.08. The Bertz CT molecular complexity index is 640. The summed E-state index contributed by atoms with van der Waals surface area (Å²) in [7, 11) is 0. The molecule has 0 spiro atoms. The van der Waals surface area contributed by atoms with Gasteiger partial charge in [-0.15, -0.1) is 0 Å². The van der Waals surface area contributed by atoms with Gasteiger partial charge in [-0.05, 0) is 24.8 Å². The fourth-order valence-corrected chi connectivity index (χ4v) is 1.80. The Morgan fingerprint density at radius 3 is 2.52 bits per heavy atom. The summed E-state index contributed by atoms with van der Waals surface area (Å²) in [5.41, 5.74) is 6.17. The van der Waals surface area contributed by atoms with Crippen LogP contribution in [0.3, 0.4) is 0 Å². The molecule has 2 N–H and O–H groups in total. The summed E-state index contributed by atoms with van der Waals surface area (Å²) >= 11 is 0. The number of anilines is 1. The highest BCUT2D eigenvalue weighted by Crippen LogP contribution is 2.31. The number of benzene rings is 1. The van der Waals surface area contributed by atoms with Gasteiger partial charge in [-0.2, -0.15) is 4.98 Å². The standard InChI is InChI=1S/C15H14F2N2O2/c16-10-5-11(17)7-12(6-10)21-14-4-3-13(18)15(19-14)20-8-9-1-2-9/h3-7,9H,1-2,8,18H2. The molecule has 1 saturated carbocycles.